The second-order valence-corrected chi connectivity index (χ2v) is 11.8. The van der Waals surface area contributed by atoms with Crippen LogP contribution in [0.4, 0.5) is 5.69 Å². The molecule has 2 heterocycles. The summed E-state index contributed by atoms with van der Waals surface area (Å²) in [5.74, 6) is -0.996. The van der Waals surface area contributed by atoms with E-state index in [0.29, 0.717) is 22.0 Å². The molecule has 36 heavy (non-hydrogen) atoms. The van der Waals surface area contributed by atoms with E-state index >= 15 is 0 Å². The molecule has 7 nitrogen and oxygen atoms in total. The minimum absolute atomic E-state index is 0.0101. The monoisotopic (exact) mass is 543 g/mol. The number of fused-ring (bicyclic) bond motifs is 1. The Bertz CT molecular complexity index is 1390. The molecule has 1 aromatic heterocycles. The fraction of sp³-hybridized carbons (Fsp3) is 0.269. The largest absolute Gasteiger partial charge is 0.309 e. The van der Waals surface area contributed by atoms with Gasteiger partial charge in [-0.1, -0.05) is 68.3 Å². The van der Waals surface area contributed by atoms with Crippen LogP contribution in [0.1, 0.15) is 37.8 Å². The first-order valence-corrected chi connectivity index (χ1v) is 14.3. The Morgan fingerprint density at radius 2 is 1.92 bits per heavy atom. The van der Waals surface area contributed by atoms with E-state index in [9.17, 15) is 18.0 Å². The summed E-state index contributed by atoms with van der Waals surface area (Å²) in [6.07, 6.45) is 0.527. The van der Waals surface area contributed by atoms with Gasteiger partial charge in [-0.3, -0.25) is 14.6 Å². The van der Waals surface area contributed by atoms with Crippen LogP contribution in [0.15, 0.2) is 75.2 Å². The summed E-state index contributed by atoms with van der Waals surface area (Å²) in [5.41, 5.74) is 2.76. The molecule has 0 spiro atoms. The Labute approximate surface area is 219 Å². The van der Waals surface area contributed by atoms with Gasteiger partial charge in [0.1, 0.15) is 10.3 Å². The maximum atomic E-state index is 13.8. The number of benzodiazepines with no additional fused rings is 1. The molecule has 1 aliphatic heterocycles. The van der Waals surface area contributed by atoms with Crippen molar-refractivity contribution in [2.75, 3.05) is 11.4 Å². The summed E-state index contributed by atoms with van der Waals surface area (Å²) >= 11 is 7.38. The number of nitrogens with one attached hydrogen (secondary N) is 1. The zero-order chi connectivity index (χ0) is 25.9. The van der Waals surface area contributed by atoms with E-state index in [1.807, 2.05) is 44.2 Å². The number of halogens is 1. The highest BCUT2D eigenvalue weighted by atomic mass is 35.5. The number of carbonyl (C=O) groups excluding carboxylic acids is 2. The highest BCUT2D eigenvalue weighted by molar-refractivity contribution is 7.92. The average Bonchev–Trinajstić information content (AvgIpc) is 3.38. The molecule has 1 aliphatic rings. The Morgan fingerprint density at radius 3 is 2.58 bits per heavy atom. The number of carbonyl (C=O) groups is 2. The Balaban J connectivity index is 1.69. The quantitative estimate of drug-likeness (QED) is 0.437. The van der Waals surface area contributed by atoms with Crippen molar-refractivity contribution in [3.63, 3.8) is 0 Å². The standard InChI is InChI=1S/C26H26ClN3O4S2/c1-3-17(2)24-26(32)30(14-13-22(31)29-36(33,34)23-10-7-15-35-23)21-12-11-19(27)16-20(21)25(28-24)18-8-5-4-6-9-18/h4-12,15-17,24H,3,13-14H2,1-2H3,(H,29,31)/t17-,24?/m0/s1. The highest BCUT2D eigenvalue weighted by Crippen LogP contribution is 2.33. The zero-order valence-electron chi connectivity index (χ0n) is 19.8. The van der Waals surface area contributed by atoms with Gasteiger partial charge in [0, 0.05) is 29.1 Å². The number of hydrogen-bond acceptors (Lipinski definition) is 6. The minimum atomic E-state index is -3.95. The molecule has 4 rings (SSSR count). The molecular weight excluding hydrogens is 518 g/mol. The molecule has 1 unspecified atom stereocenters. The number of rotatable bonds is 8. The molecular formula is C26H26ClN3O4S2. The molecule has 2 aromatic carbocycles. The number of benzene rings is 2. The normalized spacial score (nSPS) is 16.6. The van der Waals surface area contributed by atoms with Gasteiger partial charge >= 0.3 is 0 Å². The average molecular weight is 544 g/mol. The Kier molecular flexibility index (Phi) is 7.92. The molecule has 0 saturated carbocycles. The van der Waals surface area contributed by atoms with Crippen LogP contribution in [-0.4, -0.2) is 38.5 Å². The van der Waals surface area contributed by atoms with Crippen LogP contribution in [0, 0.1) is 5.92 Å². The molecule has 188 valence electrons. The van der Waals surface area contributed by atoms with E-state index in [4.69, 9.17) is 16.6 Å². The maximum Gasteiger partial charge on any atom is 0.273 e. The lowest BCUT2D eigenvalue weighted by molar-refractivity contribution is -0.121. The lowest BCUT2D eigenvalue weighted by atomic mass is 9.98. The zero-order valence-corrected chi connectivity index (χ0v) is 22.2. The van der Waals surface area contributed by atoms with Crippen LogP contribution in [0.5, 0.6) is 0 Å². The van der Waals surface area contributed by atoms with E-state index in [-0.39, 0.29) is 29.0 Å². The smallest absolute Gasteiger partial charge is 0.273 e. The van der Waals surface area contributed by atoms with Crippen molar-refractivity contribution in [3.8, 4) is 0 Å². The lowest BCUT2D eigenvalue weighted by Gasteiger charge is -2.27. The first-order chi connectivity index (χ1) is 17.2. The van der Waals surface area contributed by atoms with E-state index in [2.05, 4.69) is 4.72 Å². The summed E-state index contributed by atoms with van der Waals surface area (Å²) < 4.78 is 27.1. The van der Waals surface area contributed by atoms with Crippen molar-refractivity contribution < 1.29 is 18.0 Å². The summed E-state index contributed by atoms with van der Waals surface area (Å²) in [7, 11) is -3.95. The van der Waals surface area contributed by atoms with Gasteiger partial charge in [-0.2, -0.15) is 0 Å². The minimum Gasteiger partial charge on any atom is -0.309 e. The van der Waals surface area contributed by atoms with Crippen molar-refractivity contribution in [3.05, 3.63) is 82.2 Å². The molecule has 10 heteroatoms. The summed E-state index contributed by atoms with van der Waals surface area (Å²) in [4.78, 5) is 32.9. The predicted molar refractivity (Wildman–Crippen MR) is 143 cm³/mol. The van der Waals surface area contributed by atoms with Gasteiger partial charge in [0.05, 0.1) is 11.4 Å². The number of amides is 2. The number of anilines is 1. The summed E-state index contributed by atoms with van der Waals surface area (Å²) in [5, 5.41) is 2.11. The van der Waals surface area contributed by atoms with E-state index in [0.717, 1.165) is 23.3 Å². The van der Waals surface area contributed by atoms with Gasteiger partial charge in [-0.15, -0.1) is 11.3 Å². The van der Waals surface area contributed by atoms with Crippen molar-refractivity contribution in [1.82, 2.24) is 4.72 Å². The summed E-state index contributed by atoms with van der Waals surface area (Å²) in [6, 6.07) is 17.1. The third-order valence-electron chi connectivity index (χ3n) is 6.09. The predicted octanol–water partition coefficient (Wildman–Crippen LogP) is 4.90. The van der Waals surface area contributed by atoms with Crippen LogP contribution < -0.4 is 9.62 Å². The highest BCUT2D eigenvalue weighted by Gasteiger charge is 2.35. The van der Waals surface area contributed by atoms with Gasteiger partial charge < -0.3 is 4.90 Å². The number of sulfonamides is 1. The fourth-order valence-electron chi connectivity index (χ4n) is 4.01. The topological polar surface area (TPSA) is 95.9 Å². The Morgan fingerprint density at radius 1 is 1.17 bits per heavy atom. The van der Waals surface area contributed by atoms with Crippen molar-refractivity contribution in [2.24, 2.45) is 10.9 Å². The number of hydrogen-bond donors (Lipinski definition) is 1. The SMILES string of the molecule is CC[C@H](C)C1N=C(c2ccccc2)c2cc(Cl)ccc2N(CCC(=O)NS(=O)(=O)c2cccs2)C1=O. The molecule has 0 radical (unpaired) electrons. The van der Waals surface area contributed by atoms with Crippen molar-refractivity contribution >= 4 is 56.2 Å². The molecule has 0 aliphatic carbocycles. The van der Waals surface area contributed by atoms with Gasteiger partial charge in [0.25, 0.3) is 15.9 Å². The van der Waals surface area contributed by atoms with Crippen LogP contribution >= 0.6 is 22.9 Å². The van der Waals surface area contributed by atoms with Crippen LogP contribution in [0.2, 0.25) is 5.02 Å². The molecule has 2 amide bonds. The van der Waals surface area contributed by atoms with Crippen molar-refractivity contribution in [1.29, 1.82) is 0 Å². The van der Waals surface area contributed by atoms with E-state index in [1.165, 1.54) is 11.0 Å². The molecule has 0 saturated heterocycles. The second-order valence-electron chi connectivity index (χ2n) is 8.54. The Hall–Kier alpha value is -3.01. The van der Waals surface area contributed by atoms with Crippen LogP contribution in [-0.2, 0) is 19.6 Å². The van der Waals surface area contributed by atoms with E-state index in [1.54, 1.807) is 29.6 Å². The molecule has 3 aromatic rings. The molecule has 0 bridgehead atoms. The van der Waals surface area contributed by atoms with Crippen LogP contribution in [0.25, 0.3) is 0 Å². The molecule has 2 atom stereocenters. The fourth-order valence-corrected chi connectivity index (χ4v) is 6.19. The first-order valence-electron chi connectivity index (χ1n) is 11.5. The molecule has 1 N–H and O–H groups in total. The number of thiophene rings is 1. The maximum absolute atomic E-state index is 13.8. The van der Waals surface area contributed by atoms with E-state index < -0.39 is 22.0 Å². The first kappa shape index (κ1) is 26.1. The molecule has 0 fully saturated rings. The van der Waals surface area contributed by atoms with Gasteiger partial charge in [-0.05, 0) is 35.6 Å². The van der Waals surface area contributed by atoms with Crippen molar-refractivity contribution in [2.45, 2.75) is 36.9 Å². The van der Waals surface area contributed by atoms with Crippen LogP contribution in [0.3, 0.4) is 0 Å². The van der Waals surface area contributed by atoms with Gasteiger partial charge in [-0.25, -0.2) is 13.1 Å². The van der Waals surface area contributed by atoms with Gasteiger partial charge in [0.2, 0.25) is 5.91 Å². The lowest BCUT2D eigenvalue weighted by Crippen LogP contribution is -2.43. The summed E-state index contributed by atoms with van der Waals surface area (Å²) in [6.45, 7) is 3.96. The second kappa shape index (κ2) is 10.9. The number of aliphatic imine (C=N–C) groups is 1. The number of nitrogens with zero attached hydrogens (tertiary/aromatic N) is 2. The van der Waals surface area contributed by atoms with Gasteiger partial charge in [0.15, 0.2) is 0 Å². The third-order valence-corrected chi connectivity index (χ3v) is 9.10. The third kappa shape index (κ3) is 5.53.